The van der Waals surface area contributed by atoms with Gasteiger partial charge in [0.25, 0.3) is 0 Å². The summed E-state index contributed by atoms with van der Waals surface area (Å²) in [5, 5.41) is 0. The van der Waals surface area contributed by atoms with Crippen molar-refractivity contribution in [1.82, 2.24) is 0 Å². The van der Waals surface area contributed by atoms with E-state index in [0.717, 1.165) is 6.29 Å². The van der Waals surface area contributed by atoms with E-state index in [4.69, 9.17) is 4.74 Å². The zero-order chi connectivity index (χ0) is 10.6. The average molecular weight is 192 g/mol. The van der Waals surface area contributed by atoms with Crippen molar-refractivity contribution in [3.05, 3.63) is 29.8 Å². The Morgan fingerprint density at radius 2 is 1.86 bits per heavy atom. The van der Waals surface area contributed by atoms with Gasteiger partial charge in [-0.05, 0) is 24.3 Å². The third kappa shape index (κ3) is 2.69. The van der Waals surface area contributed by atoms with Gasteiger partial charge in [-0.25, -0.2) is 0 Å². The van der Waals surface area contributed by atoms with Crippen LogP contribution in [0.25, 0.3) is 0 Å². The first-order valence-corrected chi connectivity index (χ1v) is 4.40. The van der Waals surface area contributed by atoms with Crippen LogP contribution in [0.5, 0.6) is 5.75 Å². The van der Waals surface area contributed by atoms with Gasteiger partial charge in [0, 0.05) is 5.56 Å². The van der Waals surface area contributed by atoms with Crippen LogP contribution in [0.3, 0.4) is 0 Å². The minimum atomic E-state index is -0.274. The molecule has 1 aromatic rings. The SMILES string of the molecule is CC(C)C(=O)Oc1ccc(C=O)cc1. The number of carbonyl (C=O) groups is 2. The Morgan fingerprint density at radius 3 is 2.29 bits per heavy atom. The summed E-state index contributed by atoms with van der Waals surface area (Å²) >= 11 is 0. The van der Waals surface area contributed by atoms with Crippen molar-refractivity contribution in [3.63, 3.8) is 0 Å². The van der Waals surface area contributed by atoms with Crippen LogP contribution < -0.4 is 4.74 Å². The highest BCUT2D eigenvalue weighted by Gasteiger charge is 2.08. The molecule has 3 heteroatoms. The maximum atomic E-state index is 11.2. The molecule has 0 saturated heterocycles. The Morgan fingerprint density at radius 1 is 1.29 bits per heavy atom. The minimum absolute atomic E-state index is 0.152. The van der Waals surface area contributed by atoms with E-state index in [1.807, 2.05) is 0 Å². The van der Waals surface area contributed by atoms with E-state index in [1.165, 1.54) is 0 Å². The van der Waals surface area contributed by atoms with Gasteiger partial charge >= 0.3 is 5.97 Å². The molecule has 1 aromatic carbocycles. The van der Waals surface area contributed by atoms with Crippen molar-refractivity contribution in [3.8, 4) is 5.75 Å². The van der Waals surface area contributed by atoms with Crippen LogP contribution in [0.1, 0.15) is 24.2 Å². The lowest BCUT2D eigenvalue weighted by molar-refractivity contribution is -0.137. The molecule has 0 atom stereocenters. The zero-order valence-electron chi connectivity index (χ0n) is 8.19. The van der Waals surface area contributed by atoms with Crippen LogP contribution in [-0.2, 0) is 4.79 Å². The standard InChI is InChI=1S/C11H12O3/c1-8(2)11(13)14-10-5-3-9(7-12)4-6-10/h3-8H,1-2H3. The Balaban J connectivity index is 2.69. The summed E-state index contributed by atoms with van der Waals surface area (Å²) in [4.78, 5) is 21.5. The Kier molecular flexibility index (Phi) is 3.40. The smallest absolute Gasteiger partial charge is 0.313 e. The van der Waals surface area contributed by atoms with Crippen molar-refractivity contribution in [1.29, 1.82) is 0 Å². The van der Waals surface area contributed by atoms with Crippen molar-refractivity contribution in [2.45, 2.75) is 13.8 Å². The largest absolute Gasteiger partial charge is 0.426 e. The number of aldehydes is 1. The summed E-state index contributed by atoms with van der Waals surface area (Å²) in [6.45, 7) is 3.53. The van der Waals surface area contributed by atoms with Crippen molar-refractivity contribution in [2.75, 3.05) is 0 Å². The van der Waals surface area contributed by atoms with Gasteiger partial charge in [-0.1, -0.05) is 13.8 Å². The molecular formula is C11H12O3. The Hall–Kier alpha value is -1.64. The van der Waals surface area contributed by atoms with Crippen LogP contribution >= 0.6 is 0 Å². The first kappa shape index (κ1) is 10.4. The van der Waals surface area contributed by atoms with E-state index in [9.17, 15) is 9.59 Å². The summed E-state index contributed by atoms with van der Waals surface area (Å²) in [6.07, 6.45) is 0.744. The molecule has 0 N–H and O–H groups in total. The maximum absolute atomic E-state index is 11.2. The molecule has 0 bridgehead atoms. The molecule has 0 aliphatic rings. The lowest BCUT2D eigenvalue weighted by atomic mass is 10.2. The quantitative estimate of drug-likeness (QED) is 0.418. The second-order valence-corrected chi connectivity index (χ2v) is 3.26. The highest BCUT2D eigenvalue weighted by atomic mass is 16.5. The van der Waals surface area contributed by atoms with Gasteiger partial charge in [-0.3, -0.25) is 9.59 Å². The summed E-state index contributed by atoms with van der Waals surface area (Å²) in [5.74, 6) is 0.0406. The van der Waals surface area contributed by atoms with Crippen LogP contribution in [0.15, 0.2) is 24.3 Å². The molecule has 0 heterocycles. The topological polar surface area (TPSA) is 43.4 Å². The molecule has 0 radical (unpaired) electrons. The number of hydrogen-bond acceptors (Lipinski definition) is 3. The third-order valence-corrected chi connectivity index (χ3v) is 1.71. The zero-order valence-corrected chi connectivity index (χ0v) is 8.19. The van der Waals surface area contributed by atoms with Gasteiger partial charge in [0.05, 0.1) is 5.92 Å². The Bertz CT molecular complexity index is 325. The fourth-order valence-electron chi connectivity index (χ4n) is 0.848. The fraction of sp³-hybridized carbons (Fsp3) is 0.273. The van der Waals surface area contributed by atoms with Gasteiger partial charge < -0.3 is 4.74 Å². The van der Waals surface area contributed by atoms with Gasteiger partial charge in [0.15, 0.2) is 0 Å². The molecule has 3 nitrogen and oxygen atoms in total. The molecule has 74 valence electrons. The van der Waals surface area contributed by atoms with Gasteiger partial charge in [0.2, 0.25) is 0 Å². The molecule has 1 rings (SSSR count). The molecule has 0 aliphatic carbocycles. The first-order chi connectivity index (χ1) is 6.63. The van der Waals surface area contributed by atoms with E-state index in [1.54, 1.807) is 38.1 Å². The number of rotatable bonds is 3. The number of benzene rings is 1. The lowest BCUT2D eigenvalue weighted by Gasteiger charge is -2.05. The first-order valence-electron chi connectivity index (χ1n) is 4.40. The third-order valence-electron chi connectivity index (χ3n) is 1.71. The summed E-state index contributed by atoms with van der Waals surface area (Å²) in [6, 6.07) is 6.42. The average Bonchev–Trinajstić information content (AvgIpc) is 2.19. The molecule has 0 spiro atoms. The molecule has 0 unspecified atom stereocenters. The molecular weight excluding hydrogens is 180 g/mol. The van der Waals surface area contributed by atoms with Gasteiger partial charge in [0.1, 0.15) is 12.0 Å². The van der Waals surface area contributed by atoms with Crippen molar-refractivity contribution < 1.29 is 14.3 Å². The molecule has 0 aliphatic heterocycles. The van der Waals surface area contributed by atoms with Crippen LogP contribution in [0.4, 0.5) is 0 Å². The van der Waals surface area contributed by atoms with E-state index < -0.39 is 0 Å². The van der Waals surface area contributed by atoms with Gasteiger partial charge in [-0.15, -0.1) is 0 Å². The van der Waals surface area contributed by atoms with E-state index in [-0.39, 0.29) is 11.9 Å². The molecule has 0 aromatic heterocycles. The normalized spacial score (nSPS) is 9.93. The monoisotopic (exact) mass is 192 g/mol. The highest BCUT2D eigenvalue weighted by molar-refractivity contribution is 5.76. The molecule has 0 amide bonds. The number of ether oxygens (including phenoxy) is 1. The maximum Gasteiger partial charge on any atom is 0.313 e. The van der Waals surface area contributed by atoms with E-state index in [0.29, 0.717) is 11.3 Å². The number of esters is 1. The predicted molar refractivity (Wildman–Crippen MR) is 52.3 cm³/mol. The van der Waals surface area contributed by atoms with Crippen LogP contribution in [0.2, 0.25) is 0 Å². The van der Waals surface area contributed by atoms with Gasteiger partial charge in [-0.2, -0.15) is 0 Å². The van der Waals surface area contributed by atoms with Crippen molar-refractivity contribution >= 4 is 12.3 Å². The number of hydrogen-bond donors (Lipinski definition) is 0. The lowest BCUT2D eigenvalue weighted by Crippen LogP contribution is -2.14. The van der Waals surface area contributed by atoms with Crippen molar-refractivity contribution in [2.24, 2.45) is 5.92 Å². The summed E-state index contributed by atoms with van der Waals surface area (Å²) in [5.41, 5.74) is 0.564. The Labute approximate surface area is 82.7 Å². The van der Waals surface area contributed by atoms with Crippen LogP contribution in [0, 0.1) is 5.92 Å². The molecule has 14 heavy (non-hydrogen) atoms. The van der Waals surface area contributed by atoms with Crippen LogP contribution in [-0.4, -0.2) is 12.3 Å². The summed E-state index contributed by atoms with van der Waals surface area (Å²) in [7, 11) is 0. The van der Waals surface area contributed by atoms with E-state index in [2.05, 4.69) is 0 Å². The minimum Gasteiger partial charge on any atom is -0.426 e. The number of carbonyl (C=O) groups excluding carboxylic acids is 2. The summed E-state index contributed by atoms with van der Waals surface area (Å²) < 4.78 is 5.02. The second-order valence-electron chi connectivity index (χ2n) is 3.26. The highest BCUT2D eigenvalue weighted by Crippen LogP contribution is 2.12. The second kappa shape index (κ2) is 4.56. The molecule has 0 fully saturated rings. The predicted octanol–water partition coefficient (Wildman–Crippen LogP) is 2.06. The fourth-order valence-corrected chi connectivity index (χ4v) is 0.848. The van der Waals surface area contributed by atoms with E-state index >= 15 is 0 Å². The molecule has 0 saturated carbocycles.